The number of esters is 3. The van der Waals surface area contributed by atoms with Crippen molar-refractivity contribution in [3.05, 3.63) is 85.1 Å². The summed E-state index contributed by atoms with van der Waals surface area (Å²) in [5.74, 6) is -0.927. The van der Waals surface area contributed by atoms with Crippen LogP contribution in [0.15, 0.2) is 85.1 Å². The molecule has 0 spiro atoms. The van der Waals surface area contributed by atoms with Gasteiger partial charge in [-0.25, -0.2) is 0 Å². The van der Waals surface area contributed by atoms with Crippen LogP contribution < -0.4 is 0 Å². The first-order valence-electron chi connectivity index (χ1n) is 31.1. The Balaban J connectivity index is 4.41. The Labute approximate surface area is 452 Å². The van der Waals surface area contributed by atoms with Gasteiger partial charge in [0, 0.05) is 19.3 Å². The van der Waals surface area contributed by atoms with Crippen LogP contribution in [0.5, 0.6) is 0 Å². The van der Waals surface area contributed by atoms with Gasteiger partial charge in [-0.3, -0.25) is 14.4 Å². The fourth-order valence-corrected chi connectivity index (χ4v) is 8.74. The van der Waals surface area contributed by atoms with Crippen molar-refractivity contribution in [2.24, 2.45) is 0 Å². The normalized spacial score (nSPS) is 12.6. The van der Waals surface area contributed by atoms with Crippen LogP contribution in [0.1, 0.15) is 303 Å². The third-order valence-corrected chi connectivity index (χ3v) is 13.4. The summed E-state index contributed by atoms with van der Waals surface area (Å²) in [7, 11) is 0. The molecule has 0 radical (unpaired) electrons. The van der Waals surface area contributed by atoms with Gasteiger partial charge in [0.05, 0.1) is 0 Å². The van der Waals surface area contributed by atoms with Gasteiger partial charge in [-0.1, -0.05) is 273 Å². The molecule has 0 aromatic heterocycles. The maximum absolute atomic E-state index is 12.9. The van der Waals surface area contributed by atoms with Crippen molar-refractivity contribution in [1.29, 1.82) is 0 Å². The van der Waals surface area contributed by atoms with Crippen LogP contribution >= 0.6 is 0 Å². The third-order valence-electron chi connectivity index (χ3n) is 13.4. The van der Waals surface area contributed by atoms with E-state index in [4.69, 9.17) is 14.2 Å². The SMILES string of the molecule is CC/C=C\C/C=C\C/C=C\C/C=C\CCCCCCC(=O)OC[C@H](COC(=O)CCCCCCCCCCCCCCCCCCCCCCC)OC(=O)CCCCCC/C=C\C/C=C\C/C=C\CCCCC. The van der Waals surface area contributed by atoms with Gasteiger partial charge < -0.3 is 14.2 Å². The van der Waals surface area contributed by atoms with Crippen LogP contribution in [0.25, 0.3) is 0 Å². The minimum Gasteiger partial charge on any atom is -0.462 e. The van der Waals surface area contributed by atoms with Gasteiger partial charge in [0.25, 0.3) is 0 Å². The van der Waals surface area contributed by atoms with Gasteiger partial charge in [-0.15, -0.1) is 0 Å². The zero-order chi connectivity index (χ0) is 52.9. The van der Waals surface area contributed by atoms with Crippen molar-refractivity contribution in [1.82, 2.24) is 0 Å². The number of allylic oxidation sites excluding steroid dienone is 14. The smallest absolute Gasteiger partial charge is 0.306 e. The van der Waals surface area contributed by atoms with E-state index in [9.17, 15) is 14.4 Å². The highest BCUT2D eigenvalue weighted by Crippen LogP contribution is 2.17. The van der Waals surface area contributed by atoms with Crippen LogP contribution in [-0.2, 0) is 28.6 Å². The molecule has 0 rings (SSSR count). The first-order valence-corrected chi connectivity index (χ1v) is 31.1. The van der Waals surface area contributed by atoms with E-state index in [2.05, 4.69) is 106 Å². The van der Waals surface area contributed by atoms with Crippen molar-refractivity contribution >= 4 is 17.9 Å². The second-order valence-electron chi connectivity index (χ2n) is 20.6. The summed E-state index contributed by atoms with van der Waals surface area (Å²) < 4.78 is 16.9. The van der Waals surface area contributed by atoms with E-state index in [0.29, 0.717) is 19.3 Å². The van der Waals surface area contributed by atoms with Gasteiger partial charge in [0.1, 0.15) is 13.2 Å². The van der Waals surface area contributed by atoms with Crippen LogP contribution in [0, 0.1) is 0 Å². The minimum absolute atomic E-state index is 0.0916. The maximum Gasteiger partial charge on any atom is 0.306 e. The van der Waals surface area contributed by atoms with Crippen molar-refractivity contribution in [3.63, 3.8) is 0 Å². The number of rotatable bonds is 56. The monoisotopic (exact) mass is 1020 g/mol. The molecule has 0 saturated heterocycles. The Kier molecular flexibility index (Phi) is 58.3. The first kappa shape index (κ1) is 69.6. The van der Waals surface area contributed by atoms with E-state index < -0.39 is 6.10 Å². The molecule has 0 aliphatic rings. The van der Waals surface area contributed by atoms with E-state index in [-0.39, 0.29) is 31.1 Å². The zero-order valence-corrected chi connectivity index (χ0v) is 48.1. The molecule has 420 valence electrons. The average Bonchev–Trinajstić information content (AvgIpc) is 3.39. The van der Waals surface area contributed by atoms with Gasteiger partial charge in [-0.05, 0) is 96.3 Å². The first-order chi connectivity index (χ1) is 36.0. The van der Waals surface area contributed by atoms with Crippen molar-refractivity contribution in [2.45, 2.75) is 309 Å². The van der Waals surface area contributed by atoms with E-state index in [1.807, 2.05) is 0 Å². The summed E-state index contributed by atoms with van der Waals surface area (Å²) in [5, 5.41) is 0. The van der Waals surface area contributed by atoms with E-state index in [0.717, 1.165) is 122 Å². The average molecular weight is 1020 g/mol. The fourth-order valence-electron chi connectivity index (χ4n) is 8.74. The van der Waals surface area contributed by atoms with Crippen LogP contribution in [-0.4, -0.2) is 37.2 Å². The summed E-state index contributed by atoms with van der Waals surface area (Å²) in [5.41, 5.74) is 0. The number of carbonyl (C=O) groups is 3. The fraction of sp³-hybridized carbons (Fsp3) is 0.746. The maximum atomic E-state index is 12.9. The minimum atomic E-state index is -0.799. The molecule has 0 aliphatic carbocycles. The molecule has 0 unspecified atom stereocenters. The molecule has 0 amide bonds. The Morgan fingerprint density at radius 2 is 0.534 bits per heavy atom. The van der Waals surface area contributed by atoms with Crippen LogP contribution in [0.2, 0.25) is 0 Å². The Morgan fingerprint density at radius 3 is 0.863 bits per heavy atom. The van der Waals surface area contributed by atoms with E-state index >= 15 is 0 Å². The van der Waals surface area contributed by atoms with Crippen LogP contribution in [0.4, 0.5) is 0 Å². The van der Waals surface area contributed by atoms with Crippen LogP contribution in [0.3, 0.4) is 0 Å². The van der Waals surface area contributed by atoms with Gasteiger partial charge in [0.15, 0.2) is 6.10 Å². The standard InChI is InChI=1S/C67H116O6/c1-4-7-10-13-16-19-22-25-28-31-32-33-34-37-39-42-45-48-51-54-57-60-66(69)72-63-64(73-67(70)61-58-55-52-49-46-43-40-36-30-27-24-21-18-15-12-9-6-3)62-71-65(68)59-56-53-50-47-44-41-38-35-29-26-23-20-17-14-11-8-5-2/h8,11,17-18,20-21,26-27,29-30,38,40-41,43,64H,4-7,9-10,12-16,19,22-25,28,31-37,39,42,44-63H2,1-3H3/b11-8-,20-17-,21-18-,29-26-,30-27-,41-38-,43-40-/t64-/m1/s1. The van der Waals surface area contributed by atoms with E-state index in [1.54, 1.807) is 0 Å². The predicted octanol–water partition coefficient (Wildman–Crippen LogP) is 21.1. The quantitative estimate of drug-likeness (QED) is 0.0261. The summed E-state index contributed by atoms with van der Waals surface area (Å²) >= 11 is 0. The van der Waals surface area contributed by atoms with Gasteiger partial charge in [-0.2, -0.15) is 0 Å². The molecule has 6 heteroatoms. The lowest BCUT2D eigenvalue weighted by molar-refractivity contribution is -0.167. The molecular formula is C67H116O6. The van der Waals surface area contributed by atoms with Gasteiger partial charge in [0.2, 0.25) is 0 Å². The van der Waals surface area contributed by atoms with E-state index in [1.165, 1.54) is 141 Å². The molecule has 0 aromatic carbocycles. The van der Waals surface area contributed by atoms with Gasteiger partial charge >= 0.3 is 17.9 Å². The number of ether oxygens (including phenoxy) is 3. The summed E-state index contributed by atoms with van der Waals surface area (Å²) in [4.78, 5) is 38.3. The molecule has 0 aromatic rings. The lowest BCUT2D eigenvalue weighted by Gasteiger charge is -2.18. The number of carbonyl (C=O) groups excluding carboxylic acids is 3. The Hall–Kier alpha value is -3.41. The molecule has 6 nitrogen and oxygen atoms in total. The molecule has 0 saturated carbocycles. The highest BCUT2D eigenvalue weighted by atomic mass is 16.6. The molecule has 73 heavy (non-hydrogen) atoms. The van der Waals surface area contributed by atoms with Crippen molar-refractivity contribution < 1.29 is 28.6 Å². The number of hydrogen-bond acceptors (Lipinski definition) is 6. The Bertz CT molecular complexity index is 1400. The summed E-state index contributed by atoms with van der Waals surface area (Å²) in [6.45, 7) is 6.49. The number of hydrogen-bond donors (Lipinski definition) is 0. The molecule has 0 aliphatic heterocycles. The Morgan fingerprint density at radius 1 is 0.288 bits per heavy atom. The highest BCUT2D eigenvalue weighted by Gasteiger charge is 2.19. The number of unbranched alkanes of at least 4 members (excludes halogenated alkanes) is 31. The summed E-state index contributed by atoms with van der Waals surface area (Å²) in [6, 6.07) is 0. The molecule has 0 bridgehead atoms. The zero-order valence-electron chi connectivity index (χ0n) is 48.1. The molecular weight excluding hydrogens is 901 g/mol. The molecule has 1 atom stereocenters. The lowest BCUT2D eigenvalue weighted by atomic mass is 10.0. The molecule has 0 N–H and O–H groups in total. The van der Waals surface area contributed by atoms with Crippen molar-refractivity contribution in [3.8, 4) is 0 Å². The highest BCUT2D eigenvalue weighted by molar-refractivity contribution is 5.71. The predicted molar refractivity (Wildman–Crippen MR) is 316 cm³/mol. The topological polar surface area (TPSA) is 78.9 Å². The van der Waals surface area contributed by atoms with Crippen molar-refractivity contribution in [2.75, 3.05) is 13.2 Å². The second kappa shape index (κ2) is 61.1. The third kappa shape index (κ3) is 59.3. The lowest BCUT2D eigenvalue weighted by Crippen LogP contribution is -2.30. The molecule has 0 heterocycles. The summed E-state index contributed by atoms with van der Waals surface area (Å²) in [6.07, 6.45) is 80.1. The molecule has 0 fully saturated rings. The largest absolute Gasteiger partial charge is 0.462 e. The second-order valence-corrected chi connectivity index (χ2v) is 20.6.